The van der Waals surface area contributed by atoms with E-state index in [2.05, 4.69) is 29.2 Å². The van der Waals surface area contributed by atoms with Crippen molar-refractivity contribution in [1.82, 2.24) is 10.4 Å². The molecular weight excluding hydrogens is 1450 g/mol. The van der Waals surface area contributed by atoms with Crippen molar-refractivity contribution in [2.24, 2.45) is 0 Å². The lowest BCUT2D eigenvalue weighted by atomic mass is 9.72. The zero-order chi connectivity index (χ0) is 71.5. The summed E-state index contributed by atoms with van der Waals surface area (Å²) in [6.07, 6.45) is -12.2. The minimum absolute atomic E-state index is 0.0167. The molecule has 26 nitrogen and oxygen atoms in total. The minimum atomic E-state index is -2.05. The maximum atomic E-state index is 14.6. The summed E-state index contributed by atoms with van der Waals surface area (Å²) >= 11 is 2.82. The summed E-state index contributed by atoms with van der Waals surface area (Å²) < 4.78 is 85.0. The number of hydrogen-bond acceptors (Lipinski definition) is 29. The van der Waals surface area contributed by atoms with E-state index in [9.17, 15) is 44.7 Å². The van der Waals surface area contributed by atoms with Crippen LogP contribution in [0.2, 0.25) is 0 Å². The lowest BCUT2D eigenvalue weighted by molar-refractivity contribution is -0.337. The Morgan fingerprint density at radius 3 is 2.22 bits per heavy atom. The van der Waals surface area contributed by atoms with E-state index >= 15 is 0 Å². The van der Waals surface area contributed by atoms with Gasteiger partial charge in [0.1, 0.15) is 42.4 Å². The number of fused-ring (bicyclic) bond motifs is 2. The van der Waals surface area contributed by atoms with Crippen LogP contribution in [0.4, 0.5) is 0 Å². The van der Waals surface area contributed by atoms with E-state index in [0.29, 0.717) is 60.7 Å². The normalized spacial score (nSPS) is 32.6. The number of rotatable bonds is 34. The van der Waals surface area contributed by atoms with Gasteiger partial charge in [-0.25, -0.2) is 0 Å². The average molecular weight is 1550 g/mol. The smallest absolute Gasteiger partial charge is 0.310 e. The van der Waals surface area contributed by atoms with Gasteiger partial charge in [-0.2, -0.15) is 5.48 Å². The molecule has 0 radical (unpaired) electrons. The van der Waals surface area contributed by atoms with Crippen molar-refractivity contribution in [1.29, 1.82) is 0 Å². The lowest BCUT2D eigenvalue weighted by Crippen LogP contribution is -2.65. The number of carbonyl (C=O) groups excluding carboxylic acids is 4. The number of carbonyl (C=O) groups is 4. The van der Waals surface area contributed by atoms with Gasteiger partial charge in [-0.3, -0.25) is 28.9 Å². The van der Waals surface area contributed by atoms with Crippen molar-refractivity contribution in [3.63, 3.8) is 0 Å². The fourth-order valence-corrected chi connectivity index (χ4v) is 15.9. The van der Waals surface area contributed by atoms with E-state index in [4.69, 9.17) is 71.2 Å². The van der Waals surface area contributed by atoms with Crippen molar-refractivity contribution in [2.45, 2.75) is 221 Å². The fraction of sp³-hybridized carbons (Fsp3) is 0.706. The van der Waals surface area contributed by atoms with Gasteiger partial charge >= 0.3 is 5.97 Å². The third-order valence-electron chi connectivity index (χ3n) is 17.4. The second-order valence-corrected chi connectivity index (χ2v) is 29.8. The molecule has 7 rings (SSSR count). The zero-order valence-electron chi connectivity index (χ0n) is 57.9. The van der Waals surface area contributed by atoms with Crippen molar-refractivity contribution in [2.75, 3.05) is 87.4 Å². The molecule has 0 unspecified atom stereocenters. The summed E-state index contributed by atoms with van der Waals surface area (Å²) in [4.78, 5) is 63.7. The maximum absolute atomic E-state index is 14.6. The van der Waals surface area contributed by atoms with Gasteiger partial charge in [-0.1, -0.05) is 90.8 Å². The number of thioether (sulfide) groups is 1. The van der Waals surface area contributed by atoms with Crippen molar-refractivity contribution in [3.8, 4) is 40.9 Å². The number of ketones is 2. The van der Waals surface area contributed by atoms with Crippen LogP contribution in [-0.2, 0) is 71.3 Å². The van der Waals surface area contributed by atoms with Crippen LogP contribution in [0, 0.1) is 34.2 Å². The summed E-state index contributed by atoms with van der Waals surface area (Å²) in [7, 11) is 9.93. The number of aliphatic hydroxyl groups is 5. The first-order chi connectivity index (χ1) is 46.9. The first-order valence-electron chi connectivity index (χ1n) is 32.9. The molecule has 1 aromatic carbocycles. The number of nitrogens with one attached hydrogen (secondary N) is 1. The van der Waals surface area contributed by atoms with Crippen LogP contribution in [0.1, 0.15) is 109 Å². The molecule has 30 heteroatoms. The monoisotopic (exact) mass is 1550 g/mol. The highest BCUT2D eigenvalue weighted by Gasteiger charge is 2.52. The molecule has 98 heavy (non-hydrogen) atoms. The van der Waals surface area contributed by atoms with E-state index in [0.717, 1.165) is 18.2 Å². The van der Waals surface area contributed by atoms with E-state index < -0.39 is 139 Å². The average Bonchev–Trinajstić information content (AvgIpc) is 0.759. The molecular formula is C68H97IN2O24S3. The Morgan fingerprint density at radius 1 is 0.847 bits per heavy atom. The second-order valence-electron chi connectivity index (χ2n) is 24.6. The van der Waals surface area contributed by atoms with Crippen LogP contribution >= 0.6 is 55.9 Å². The number of hydroxylamine groups is 1. The molecule has 0 amide bonds. The fourth-order valence-electron chi connectivity index (χ4n) is 12.3. The number of benzene rings is 1. The van der Waals surface area contributed by atoms with Gasteiger partial charge in [0, 0.05) is 74.4 Å². The summed E-state index contributed by atoms with van der Waals surface area (Å²) in [6.45, 7) is 17.4. The Bertz CT molecular complexity index is 3070. The van der Waals surface area contributed by atoms with Gasteiger partial charge < -0.3 is 91.8 Å². The van der Waals surface area contributed by atoms with E-state index in [1.54, 1.807) is 51.7 Å². The maximum Gasteiger partial charge on any atom is 0.310 e. The zero-order valence-corrected chi connectivity index (χ0v) is 62.5. The van der Waals surface area contributed by atoms with Crippen molar-refractivity contribution < 1.29 is 116 Å². The summed E-state index contributed by atoms with van der Waals surface area (Å²) in [5.41, 5.74) is 1.66. The van der Waals surface area contributed by atoms with Crippen LogP contribution in [0.3, 0.4) is 0 Å². The Kier molecular flexibility index (Phi) is 32.9. The number of hydrogen-bond donors (Lipinski definition) is 6. The predicted molar refractivity (Wildman–Crippen MR) is 372 cm³/mol. The Labute approximate surface area is 600 Å². The number of nitrogens with zero attached hydrogens (tertiary/aromatic N) is 1. The van der Waals surface area contributed by atoms with Crippen molar-refractivity contribution >= 4 is 78.6 Å². The first-order valence-corrected chi connectivity index (χ1v) is 37.3. The van der Waals surface area contributed by atoms with Crippen LogP contribution in [0.25, 0.3) is 0 Å². The highest BCUT2D eigenvalue weighted by Crippen LogP contribution is 2.49. The molecule has 4 saturated heterocycles. The molecule has 4 heterocycles. The third-order valence-corrected chi connectivity index (χ3v) is 22.9. The SMILES string of the molecule is CCCOCCOCCCC(=O)CN(CC)[C@H]1CO[C@@H](O[C@H]2[C@H](O[C@H]3C#C/C=C\C#C[C@]4(O)CC(=O)C(CC(=O)OC)=C3/C4=C\CSSC(C)C)O[C@H](C)[C@@H](NO[C@H]3C[C@H](O)[C@H](SC(=O)c4c(C)c(I)c(O[C@@H]5O[C@@H](C)[C@H](O)[C@@H](OC)[C@H]5O)c(OC)c4OC)[C@@H](C)O3)[C@@H]2O)C[C@@H]1OC. The number of esters is 1. The lowest BCUT2D eigenvalue weighted by Gasteiger charge is -2.47. The van der Waals surface area contributed by atoms with Gasteiger partial charge in [-0.05, 0) is 87.4 Å². The molecule has 548 valence electrons. The van der Waals surface area contributed by atoms with Gasteiger partial charge in [0.05, 0.1) is 118 Å². The standard InChI is InChI=1S/C68H97IN2O24S3/c1-14-25-86-27-28-87-26-20-21-41(72)34-71(15-2)44-35-88-50(32-48(44)81-9)93-62-57(77)55(38(6)90-67(62)92-47-22-18-16-17-19-24-68(80)33-46(74)42(30-49(75)82-10)53(47)43(68)23-29-96-98-36(3)4)70-95-51-31-45(73)64(40(8)89-51)97-65(79)52-37(5)54(69)60(63(85-13)59(52)83-11)94-66-58(78)61(84-12)56(76)39(7)91-66/h16-17,23,36,38-40,44-45,47-48,50-51,55-58,61-62,64,66-67,70,73,76-78,80H,14-15,20-21,25-35H2,1-13H3/b17-16-,43-23+/t38-,39+,40-,44+,45+,47+,48+,50+,51+,55-,56+,57+,58-,61-,62-,64-,66+,67+,68+/m1/s1. The van der Waals surface area contributed by atoms with Crippen LogP contribution < -0.4 is 19.7 Å². The quantitative estimate of drug-likeness (QED) is 0.0131. The number of ether oxygens (including phenoxy) is 14. The van der Waals surface area contributed by atoms with E-state index in [1.165, 1.54) is 51.4 Å². The molecule has 4 fully saturated rings. The molecule has 0 spiro atoms. The molecule has 4 aliphatic heterocycles. The number of halogens is 1. The molecule has 0 aromatic heterocycles. The topological polar surface area (TPSA) is 323 Å². The van der Waals surface area contributed by atoms with Gasteiger partial charge in [0.15, 0.2) is 41.8 Å². The molecule has 19 atom stereocenters. The van der Waals surface area contributed by atoms with Crippen LogP contribution in [0.15, 0.2) is 34.9 Å². The Balaban J connectivity index is 1.13. The predicted octanol–water partition coefficient (Wildman–Crippen LogP) is 5.08. The summed E-state index contributed by atoms with van der Waals surface area (Å²) in [5.74, 6) is 10.9. The molecule has 1 aromatic rings. The number of allylic oxidation sites excluding steroid dienone is 2. The summed E-state index contributed by atoms with van der Waals surface area (Å²) in [5, 5.41) is 57.7. The van der Waals surface area contributed by atoms with Gasteiger partial charge in [0.25, 0.3) is 0 Å². The number of likely N-dealkylation sites (N-methyl/N-ethyl adjacent to an activating group) is 1. The van der Waals surface area contributed by atoms with E-state index in [-0.39, 0.29) is 82.6 Å². The number of methoxy groups -OCH3 is 5. The van der Waals surface area contributed by atoms with Crippen molar-refractivity contribution in [3.05, 3.63) is 49.6 Å². The molecule has 6 N–H and O–H groups in total. The van der Waals surface area contributed by atoms with Gasteiger partial charge in [-0.15, -0.1) is 0 Å². The Hall–Kier alpha value is -3.50. The number of aliphatic hydroxyl groups excluding tert-OH is 4. The molecule has 2 aliphatic carbocycles. The largest absolute Gasteiger partial charge is 0.492 e. The van der Waals surface area contributed by atoms with Crippen LogP contribution in [0.5, 0.6) is 17.2 Å². The van der Waals surface area contributed by atoms with Crippen LogP contribution in [-0.4, -0.2) is 261 Å². The highest BCUT2D eigenvalue weighted by atomic mass is 127. The highest BCUT2D eigenvalue weighted by molar-refractivity contribution is 14.1. The molecule has 2 bridgehead atoms. The summed E-state index contributed by atoms with van der Waals surface area (Å²) in [6, 6.07) is -1.52. The second kappa shape index (κ2) is 39.4. The third kappa shape index (κ3) is 20.9. The van der Waals surface area contributed by atoms with Gasteiger partial charge in [0.2, 0.25) is 17.2 Å². The van der Waals surface area contributed by atoms with E-state index in [1.807, 2.05) is 55.2 Å². The number of Topliss-reactive ketones (excluding diaryl/α,β-unsaturated/α-hetero) is 2. The minimum Gasteiger partial charge on any atom is -0.492 e. The Morgan fingerprint density at radius 2 is 1.56 bits per heavy atom. The first kappa shape index (κ1) is 81.8. The molecule has 6 aliphatic rings. The molecule has 0 saturated carbocycles.